The van der Waals surface area contributed by atoms with Gasteiger partial charge in [-0.3, -0.25) is 4.79 Å². The van der Waals surface area contributed by atoms with Crippen LogP contribution >= 0.6 is 34.8 Å². The number of aromatic nitrogens is 1. The van der Waals surface area contributed by atoms with Gasteiger partial charge in [0.15, 0.2) is 6.10 Å². The molecule has 3 aromatic rings. The molecule has 0 spiro atoms. The van der Waals surface area contributed by atoms with Crippen LogP contribution in [0.1, 0.15) is 22.9 Å². The normalized spacial score (nSPS) is 15.2. The van der Waals surface area contributed by atoms with Crippen molar-refractivity contribution in [3.8, 4) is 0 Å². The molecular formula is C19H15Cl3N2O2. The van der Waals surface area contributed by atoms with Gasteiger partial charge in [0.2, 0.25) is 0 Å². The van der Waals surface area contributed by atoms with E-state index in [4.69, 9.17) is 34.8 Å². The Morgan fingerprint density at radius 2 is 1.92 bits per heavy atom. The first-order chi connectivity index (χ1) is 12.4. The number of halogens is 3. The Bertz CT molecular complexity index is 1020. The smallest absolute Gasteiger partial charge is 0.256 e. The van der Waals surface area contributed by atoms with Gasteiger partial charge in [-0.1, -0.05) is 40.9 Å². The Balaban J connectivity index is 1.59. The van der Waals surface area contributed by atoms with E-state index >= 15 is 0 Å². The zero-order chi connectivity index (χ0) is 18.4. The zero-order valence-electron chi connectivity index (χ0n) is 13.6. The van der Waals surface area contributed by atoms with Crippen molar-refractivity contribution in [2.45, 2.75) is 19.1 Å². The first kappa shape index (κ1) is 17.7. The number of aromatic amines is 1. The van der Waals surface area contributed by atoms with Crippen molar-refractivity contribution in [2.24, 2.45) is 0 Å². The summed E-state index contributed by atoms with van der Waals surface area (Å²) < 4.78 is 0. The molecule has 2 aromatic carbocycles. The largest absolute Gasteiger partial charge is 0.378 e. The highest BCUT2D eigenvalue weighted by Gasteiger charge is 2.29. The van der Waals surface area contributed by atoms with Crippen LogP contribution in [0.5, 0.6) is 0 Å². The molecule has 0 radical (unpaired) electrons. The van der Waals surface area contributed by atoms with Gasteiger partial charge >= 0.3 is 0 Å². The van der Waals surface area contributed by atoms with Crippen LogP contribution in [0.25, 0.3) is 10.9 Å². The molecule has 26 heavy (non-hydrogen) atoms. The highest BCUT2D eigenvalue weighted by molar-refractivity contribution is 6.42. The first-order valence-electron chi connectivity index (χ1n) is 8.15. The molecule has 1 unspecified atom stereocenters. The van der Waals surface area contributed by atoms with E-state index < -0.39 is 6.10 Å². The van der Waals surface area contributed by atoms with Gasteiger partial charge in [0.05, 0.1) is 16.6 Å². The summed E-state index contributed by atoms with van der Waals surface area (Å²) >= 11 is 18.0. The van der Waals surface area contributed by atoms with Crippen LogP contribution in [0.3, 0.4) is 0 Å². The van der Waals surface area contributed by atoms with Crippen LogP contribution in [0.2, 0.25) is 15.1 Å². The SMILES string of the molecule is O=C(C(O)c1ccc(Cl)c(Cl)c1)N1CCc2c([nH]c3ccc(Cl)cc23)C1. The second-order valence-corrected chi connectivity index (χ2v) is 7.61. The number of hydrogen-bond acceptors (Lipinski definition) is 2. The summed E-state index contributed by atoms with van der Waals surface area (Å²) in [5, 5.41) is 12.9. The number of nitrogens with one attached hydrogen (secondary N) is 1. The molecule has 4 rings (SSSR count). The quantitative estimate of drug-likeness (QED) is 0.642. The topological polar surface area (TPSA) is 56.3 Å². The lowest BCUT2D eigenvalue weighted by Crippen LogP contribution is -2.39. The number of rotatable bonds is 2. The highest BCUT2D eigenvalue weighted by atomic mass is 35.5. The number of benzene rings is 2. The van der Waals surface area contributed by atoms with Crippen LogP contribution in [0, 0.1) is 0 Å². The van der Waals surface area contributed by atoms with Crippen LogP contribution < -0.4 is 0 Å². The molecule has 0 fully saturated rings. The number of carbonyl (C=O) groups excluding carboxylic acids is 1. The zero-order valence-corrected chi connectivity index (χ0v) is 15.9. The molecule has 7 heteroatoms. The molecule has 0 bridgehead atoms. The van der Waals surface area contributed by atoms with Gasteiger partial charge < -0.3 is 15.0 Å². The molecule has 1 atom stereocenters. The summed E-state index contributed by atoms with van der Waals surface area (Å²) in [6.45, 7) is 0.947. The van der Waals surface area contributed by atoms with Crippen molar-refractivity contribution < 1.29 is 9.90 Å². The number of hydrogen-bond donors (Lipinski definition) is 2. The van der Waals surface area contributed by atoms with Gasteiger partial charge in [-0.05, 0) is 47.9 Å². The summed E-state index contributed by atoms with van der Waals surface area (Å²) in [6.07, 6.45) is -0.569. The molecule has 1 aliphatic rings. The highest BCUT2D eigenvalue weighted by Crippen LogP contribution is 2.31. The van der Waals surface area contributed by atoms with E-state index in [-0.39, 0.29) is 5.91 Å². The fraction of sp³-hybridized carbons (Fsp3) is 0.211. The maximum absolute atomic E-state index is 12.7. The number of nitrogens with zero attached hydrogens (tertiary/aromatic N) is 1. The Morgan fingerprint density at radius 1 is 1.12 bits per heavy atom. The average Bonchev–Trinajstić information content (AvgIpc) is 2.99. The van der Waals surface area contributed by atoms with Crippen molar-refractivity contribution in [1.29, 1.82) is 0 Å². The van der Waals surface area contributed by atoms with Crippen LogP contribution in [-0.2, 0) is 17.8 Å². The fourth-order valence-electron chi connectivity index (χ4n) is 3.40. The summed E-state index contributed by atoms with van der Waals surface area (Å²) in [5.41, 5.74) is 3.58. The Morgan fingerprint density at radius 3 is 2.69 bits per heavy atom. The molecular weight excluding hydrogens is 395 g/mol. The molecule has 1 amide bonds. The lowest BCUT2D eigenvalue weighted by molar-refractivity contribution is -0.141. The number of aliphatic hydroxyl groups excluding tert-OH is 1. The third-order valence-electron chi connectivity index (χ3n) is 4.74. The molecule has 2 heterocycles. The standard InChI is InChI=1S/C19H15Cl3N2O2/c20-11-2-4-16-13(8-11)12-5-6-24(9-17(12)23-16)19(26)18(25)10-1-3-14(21)15(22)7-10/h1-4,7-8,18,23,25H,5-6,9H2. The second kappa shape index (κ2) is 6.78. The Labute approximate surface area is 165 Å². The molecule has 2 N–H and O–H groups in total. The molecule has 134 valence electrons. The van der Waals surface area contributed by atoms with Crippen molar-refractivity contribution in [2.75, 3.05) is 6.54 Å². The maximum Gasteiger partial charge on any atom is 0.256 e. The van der Waals surface area contributed by atoms with E-state index in [9.17, 15) is 9.90 Å². The third kappa shape index (κ3) is 3.08. The van der Waals surface area contributed by atoms with Gasteiger partial charge in [0, 0.05) is 28.2 Å². The third-order valence-corrected chi connectivity index (χ3v) is 5.72. The molecule has 0 saturated heterocycles. The minimum atomic E-state index is -1.27. The minimum absolute atomic E-state index is 0.310. The van der Waals surface area contributed by atoms with E-state index in [2.05, 4.69) is 4.98 Å². The Hall–Kier alpha value is -1.72. The van der Waals surface area contributed by atoms with E-state index in [0.717, 1.165) is 16.6 Å². The van der Waals surface area contributed by atoms with Gasteiger partial charge in [-0.25, -0.2) is 0 Å². The van der Waals surface area contributed by atoms with Crippen molar-refractivity contribution in [3.63, 3.8) is 0 Å². The number of amides is 1. The van der Waals surface area contributed by atoms with Gasteiger partial charge in [0.1, 0.15) is 0 Å². The van der Waals surface area contributed by atoms with Crippen LogP contribution in [0.15, 0.2) is 36.4 Å². The number of fused-ring (bicyclic) bond motifs is 3. The van der Waals surface area contributed by atoms with Gasteiger partial charge in [-0.2, -0.15) is 0 Å². The van der Waals surface area contributed by atoms with Crippen molar-refractivity contribution in [1.82, 2.24) is 9.88 Å². The second-order valence-electron chi connectivity index (χ2n) is 6.36. The summed E-state index contributed by atoms with van der Waals surface area (Å²) in [7, 11) is 0. The van der Waals surface area contributed by atoms with Gasteiger partial charge in [-0.15, -0.1) is 0 Å². The molecule has 1 aromatic heterocycles. The van der Waals surface area contributed by atoms with Crippen LogP contribution in [0.4, 0.5) is 0 Å². The lowest BCUT2D eigenvalue weighted by Gasteiger charge is -2.29. The minimum Gasteiger partial charge on any atom is -0.378 e. The van der Waals surface area contributed by atoms with E-state index in [1.165, 1.54) is 11.6 Å². The average molecular weight is 410 g/mol. The van der Waals surface area contributed by atoms with E-state index in [1.54, 1.807) is 17.0 Å². The van der Waals surface area contributed by atoms with Gasteiger partial charge in [0.25, 0.3) is 5.91 Å². The summed E-state index contributed by atoms with van der Waals surface area (Å²) in [5.74, 6) is -0.356. The molecule has 4 nitrogen and oxygen atoms in total. The summed E-state index contributed by atoms with van der Waals surface area (Å²) in [4.78, 5) is 17.7. The van der Waals surface area contributed by atoms with E-state index in [1.807, 2.05) is 18.2 Å². The molecule has 0 saturated carbocycles. The maximum atomic E-state index is 12.7. The fourth-order valence-corrected chi connectivity index (χ4v) is 3.88. The lowest BCUT2D eigenvalue weighted by atomic mass is 10.0. The number of aliphatic hydroxyl groups is 1. The molecule has 0 aliphatic carbocycles. The molecule has 1 aliphatic heterocycles. The predicted octanol–water partition coefficient (Wildman–Crippen LogP) is 4.75. The van der Waals surface area contributed by atoms with Crippen molar-refractivity contribution >= 4 is 51.6 Å². The number of carbonyl (C=O) groups is 1. The monoisotopic (exact) mass is 408 g/mol. The number of H-pyrrole nitrogens is 1. The summed E-state index contributed by atoms with van der Waals surface area (Å²) in [6, 6.07) is 10.4. The van der Waals surface area contributed by atoms with E-state index in [0.29, 0.717) is 40.1 Å². The predicted molar refractivity (Wildman–Crippen MR) is 104 cm³/mol. The van der Waals surface area contributed by atoms with Crippen molar-refractivity contribution in [3.05, 3.63) is 68.3 Å². The first-order valence-corrected chi connectivity index (χ1v) is 9.28. The van der Waals surface area contributed by atoms with Crippen LogP contribution in [-0.4, -0.2) is 27.4 Å². The Kier molecular flexibility index (Phi) is 4.61.